The van der Waals surface area contributed by atoms with Gasteiger partial charge in [-0.2, -0.15) is 0 Å². The van der Waals surface area contributed by atoms with Gasteiger partial charge in [0.1, 0.15) is 11.3 Å². The van der Waals surface area contributed by atoms with E-state index in [0.717, 1.165) is 11.0 Å². The second-order valence-electron chi connectivity index (χ2n) is 2.96. The molecule has 1 aromatic heterocycles. The third kappa shape index (κ3) is 1.37. The van der Waals surface area contributed by atoms with Crippen molar-refractivity contribution in [2.75, 3.05) is 7.11 Å². The first-order chi connectivity index (χ1) is 6.70. The first-order valence-corrected chi connectivity index (χ1v) is 4.14. The molecule has 3 nitrogen and oxygen atoms in total. The molecule has 0 amide bonds. The van der Waals surface area contributed by atoms with E-state index in [2.05, 4.69) is 11.7 Å². The standard InChI is InChI=1S/C11H9O3/c1-7-5-9-6-8(11(12)13-2)3-4-10(9)14-7/h3-6H,1H2,2H3. The Morgan fingerprint density at radius 3 is 2.93 bits per heavy atom. The van der Waals surface area contributed by atoms with Crippen LogP contribution in [0.4, 0.5) is 0 Å². The molecule has 0 unspecified atom stereocenters. The fraction of sp³-hybridized carbons (Fsp3) is 0.0909. The molecule has 0 spiro atoms. The average molecular weight is 189 g/mol. The van der Waals surface area contributed by atoms with Gasteiger partial charge in [0.25, 0.3) is 0 Å². The molecule has 1 radical (unpaired) electrons. The lowest BCUT2D eigenvalue weighted by molar-refractivity contribution is 0.0601. The van der Waals surface area contributed by atoms with E-state index in [9.17, 15) is 4.79 Å². The summed E-state index contributed by atoms with van der Waals surface area (Å²) in [5, 5.41) is 0.859. The highest BCUT2D eigenvalue weighted by Crippen LogP contribution is 2.20. The molecule has 1 heterocycles. The number of benzene rings is 1. The van der Waals surface area contributed by atoms with Crippen molar-refractivity contribution >= 4 is 16.9 Å². The zero-order valence-electron chi connectivity index (χ0n) is 7.74. The lowest BCUT2D eigenvalue weighted by Gasteiger charge is -1.97. The molecule has 0 aliphatic carbocycles. The smallest absolute Gasteiger partial charge is 0.337 e. The fourth-order valence-corrected chi connectivity index (χ4v) is 1.34. The largest absolute Gasteiger partial charge is 0.465 e. The summed E-state index contributed by atoms with van der Waals surface area (Å²) in [4.78, 5) is 11.2. The van der Waals surface area contributed by atoms with E-state index in [-0.39, 0.29) is 5.97 Å². The Bertz CT molecular complexity index is 482. The van der Waals surface area contributed by atoms with Crippen molar-refractivity contribution in [1.82, 2.24) is 0 Å². The monoisotopic (exact) mass is 189 g/mol. The molecule has 14 heavy (non-hydrogen) atoms. The number of ether oxygens (including phenoxy) is 1. The number of fused-ring (bicyclic) bond motifs is 1. The van der Waals surface area contributed by atoms with Crippen LogP contribution in [-0.4, -0.2) is 13.1 Å². The molecule has 0 atom stereocenters. The summed E-state index contributed by atoms with van der Waals surface area (Å²) in [6, 6.07) is 6.90. The van der Waals surface area contributed by atoms with Crippen LogP contribution in [0.25, 0.3) is 11.0 Å². The predicted molar refractivity (Wildman–Crippen MR) is 52.0 cm³/mol. The average Bonchev–Trinajstić information content (AvgIpc) is 2.55. The van der Waals surface area contributed by atoms with Gasteiger partial charge in [0.05, 0.1) is 12.7 Å². The molecule has 0 fully saturated rings. The van der Waals surface area contributed by atoms with Crippen LogP contribution in [0.2, 0.25) is 0 Å². The van der Waals surface area contributed by atoms with E-state index in [1.165, 1.54) is 7.11 Å². The molecule has 0 saturated heterocycles. The van der Waals surface area contributed by atoms with Crippen LogP contribution in [0.3, 0.4) is 0 Å². The van der Waals surface area contributed by atoms with Gasteiger partial charge in [0.2, 0.25) is 0 Å². The zero-order valence-corrected chi connectivity index (χ0v) is 7.74. The zero-order chi connectivity index (χ0) is 10.1. The Balaban J connectivity index is 2.55. The van der Waals surface area contributed by atoms with Gasteiger partial charge in [-0.25, -0.2) is 4.79 Å². The molecule has 2 rings (SSSR count). The molecule has 0 bridgehead atoms. The number of carbonyl (C=O) groups is 1. The Morgan fingerprint density at radius 2 is 2.21 bits per heavy atom. The quantitative estimate of drug-likeness (QED) is 0.646. The second-order valence-corrected chi connectivity index (χ2v) is 2.96. The SMILES string of the molecule is [CH2]c1cc2cc(C(=O)OC)ccc2o1. The number of methoxy groups -OCH3 is 1. The van der Waals surface area contributed by atoms with E-state index < -0.39 is 0 Å². The van der Waals surface area contributed by atoms with Crippen LogP contribution in [0.5, 0.6) is 0 Å². The molecule has 0 aliphatic heterocycles. The number of hydrogen-bond acceptors (Lipinski definition) is 3. The molecule has 0 saturated carbocycles. The van der Waals surface area contributed by atoms with Crippen LogP contribution in [0.15, 0.2) is 28.7 Å². The molecule has 71 valence electrons. The van der Waals surface area contributed by atoms with Crippen molar-refractivity contribution < 1.29 is 13.9 Å². The lowest BCUT2D eigenvalue weighted by Crippen LogP contribution is -1.99. The van der Waals surface area contributed by atoms with Crippen LogP contribution in [-0.2, 0) is 4.74 Å². The van der Waals surface area contributed by atoms with Gasteiger partial charge in [-0.15, -0.1) is 0 Å². The van der Waals surface area contributed by atoms with E-state index >= 15 is 0 Å². The fourth-order valence-electron chi connectivity index (χ4n) is 1.34. The van der Waals surface area contributed by atoms with Crippen LogP contribution < -0.4 is 0 Å². The summed E-state index contributed by atoms with van der Waals surface area (Å²) in [5.41, 5.74) is 1.24. The number of esters is 1. The summed E-state index contributed by atoms with van der Waals surface area (Å²) in [6.07, 6.45) is 0. The van der Waals surface area contributed by atoms with Crippen LogP contribution in [0, 0.1) is 6.92 Å². The van der Waals surface area contributed by atoms with Gasteiger partial charge in [-0.3, -0.25) is 0 Å². The van der Waals surface area contributed by atoms with E-state index in [1.807, 2.05) is 0 Å². The highest BCUT2D eigenvalue weighted by Gasteiger charge is 2.07. The van der Waals surface area contributed by atoms with Crippen molar-refractivity contribution in [3.63, 3.8) is 0 Å². The van der Waals surface area contributed by atoms with Crippen molar-refractivity contribution in [1.29, 1.82) is 0 Å². The Kier molecular flexibility index (Phi) is 2.00. The lowest BCUT2D eigenvalue weighted by atomic mass is 10.1. The van der Waals surface area contributed by atoms with Crippen molar-refractivity contribution in [3.05, 3.63) is 42.5 Å². The summed E-state index contributed by atoms with van der Waals surface area (Å²) in [6.45, 7) is 3.67. The van der Waals surface area contributed by atoms with Crippen molar-refractivity contribution in [2.24, 2.45) is 0 Å². The molecular weight excluding hydrogens is 180 g/mol. The Morgan fingerprint density at radius 1 is 1.43 bits per heavy atom. The minimum absolute atomic E-state index is 0.348. The highest BCUT2D eigenvalue weighted by molar-refractivity contribution is 5.94. The summed E-state index contributed by atoms with van der Waals surface area (Å²) < 4.78 is 9.88. The third-order valence-electron chi connectivity index (χ3n) is 1.99. The van der Waals surface area contributed by atoms with Crippen molar-refractivity contribution in [2.45, 2.75) is 0 Å². The predicted octanol–water partition coefficient (Wildman–Crippen LogP) is 2.40. The Labute approximate surface area is 81.3 Å². The maximum atomic E-state index is 11.2. The topological polar surface area (TPSA) is 39.4 Å². The van der Waals surface area contributed by atoms with Gasteiger partial charge < -0.3 is 9.15 Å². The number of hydrogen-bond donors (Lipinski definition) is 0. The summed E-state index contributed by atoms with van der Waals surface area (Å²) >= 11 is 0. The van der Waals surface area contributed by atoms with E-state index in [1.54, 1.807) is 24.3 Å². The summed E-state index contributed by atoms with van der Waals surface area (Å²) in [7, 11) is 1.36. The van der Waals surface area contributed by atoms with E-state index in [4.69, 9.17) is 4.42 Å². The van der Waals surface area contributed by atoms with Gasteiger partial charge in [-0.1, -0.05) is 0 Å². The number of carbonyl (C=O) groups excluding carboxylic acids is 1. The van der Waals surface area contributed by atoms with Crippen LogP contribution in [0.1, 0.15) is 16.1 Å². The Hall–Kier alpha value is -1.77. The highest BCUT2D eigenvalue weighted by atomic mass is 16.5. The minimum Gasteiger partial charge on any atom is -0.465 e. The molecule has 0 N–H and O–H groups in total. The van der Waals surface area contributed by atoms with E-state index in [0.29, 0.717) is 11.3 Å². The molecular formula is C11H9O3. The van der Waals surface area contributed by atoms with Gasteiger partial charge in [0, 0.05) is 12.3 Å². The molecule has 3 heteroatoms. The maximum Gasteiger partial charge on any atom is 0.337 e. The number of furan rings is 1. The maximum absolute atomic E-state index is 11.2. The first-order valence-electron chi connectivity index (χ1n) is 4.14. The van der Waals surface area contributed by atoms with Crippen molar-refractivity contribution in [3.8, 4) is 0 Å². The van der Waals surface area contributed by atoms with Crippen LogP contribution >= 0.6 is 0 Å². The molecule has 2 aromatic rings. The van der Waals surface area contributed by atoms with Gasteiger partial charge >= 0.3 is 5.97 Å². The second kappa shape index (κ2) is 3.18. The minimum atomic E-state index is -0.348. The molecule has 1 aromatic carbocycles. The normalized spacial score (nSPS) is 10.4. The number of rotatable bonds is 1. The first kappa shape index (κ1) is 8.81. The summed E-state index contributed by atoms with van der Waals surface area (Å²) in [5.74, 6) is 0.237. The van der Waals surface area contributed by atoms with Gasteiger partial charge in [-0.05, 0) is 24.3 Å². The van der Waals surface area contributed by atoms with Gasteiger partial charge in [0.15, 0.2) is 0 Å². The molecule has 0 aliphatic rings. The third-order valence-corrected chi connectivity index (χ3v) is 1.99.